The second-order valence-electron chi connectivity index (χ2n) is 15.7. The Balaban J connectivity index is 1.01. The Labute approximate surface area is 331 Å². The Kier molecular flexibility index (Phi) is 7.28. The molecule has 57 heavy (non-hydrogen) atoms. The predicted molar refractivity (Wildman–Crippen MR) is 237 cm³/mol. The molecule has 3 aliphatic carbocycles. The summed E-state index contributed by atoms with van der Waals surface area (Å²) in [6.07, 6.45) is 26.4. The Morgan fingerprint density at radius 2 is 1.12 bits per heavy atom. The van der Waals surface area contributed by atoms with Gasteiger partial charge in [-0.05, 0) is 174 Å². The van der Waals surface area contributed by atoms with Gasteiger partial charge < -0.3 is 13.6 Å². The maximum absolute atomic E-state index is 6.20. The fourth-order valence-electron chi connectivity index (χ4n) is 9.69. The van der Waals surface area contributed by atoms with Crippen LogP contribution in [0.25, 0.3) is 95.1 Å². The molecule has 4 heterocycles. The summed E-state index contributed by atoms with van der Waals surface area (Å²) in [6, 6.07) is 40.5. The topological polar surface area (TPSA) is 35.9 Å². The maximum Gasteiger partial charge on any atom is 0.135 e. The molecule has 0 amide bonds. The van der Waals surface area contributed by atoms with Gasteiger partial charge in [0.2, 0.25) is 0 Å². The molecule has 4 nitrogen and oxygen atoms in total. The van der Waals surface area contributed by atoms with E-state index in [0.717, 1.165) is 66.2 Å². The van der Waals surface area contributed by atoms with Crippen molar-refractivity contribution in [2.24, 2.45) is 0 Å². The first-order valence-electron chi connectivity index (χ1n) is 20.3. The van der Waals surface area contributed by atoms with Crippen molar-refractivity contribution < 1.29 is 4.42 Å². The monoisotopic (exact) mass is 733 g/mol. The van der Waals surface area contributed by atoms with Crippen molar-refractivity contribution in [2.45, 2.75) is 38.5 Å². The highest BCUT2D eigenvalue weighted by molar-refractivity contribution is 6.06. The molecule has 272 valence electrons. The first-order valence-corrected chi connectivity index (χ1v) is 20.3. The van der Waals surface area contributed by atoms with Crippen LogP contribution in [0.1, 0.15) is 53.8 Å². The van der Waals surface area contributed by atoms with Crippen LogP contribution in [0.15, 0.2) is 156 Å². The summed E-state index contributed by atoms with van der Waals surface area (Å²) >= 11 is 0. The minimum Gasteiger partial charge on any atom is -0.456 e. The van der Waals surface area contributed by atoms with Gasteiger partial charge in [-0.15, -0.1) is 0 Å². The summed E-state index contributed by atoms with van der Waals surface area (Å²) in [5, 5.41) is 4.97. The third kappa shape index (κ3) is 5.17. The van der Waals surface area contributed by atoms with Gasteiger partial charge in [0.15, 0.2) is 0 Å². The van der Waals surface area contributed by atoms with Gasteiger partial charge in [-0.3, -0.25) is 4.98 Å². The van der Waals surface area contributed by atoms with Crippen LogP contribution in [0, 0.1) is 0 Å². The Bertz CT molecular complexity index is 3230. The number of aromatic nitrogens is 3. The van der Waals surface area contributed by atoms with E-state index in [1.54, 1.807) is 0 Å². The second kappa shape index (κ2) is 12.8. The molecule has 0 radical (unpaired) electrons. The minimum absolute atomic E-state index is 0.922. The molecule has 5 aromatic carbocycles. The third-order valence-corrected chi connectivity index (χ3v) is 12.4. The summed E-state index contributed by atoms with van der Waals surface area (Å²) in [5.74, 6) is 0. The summed E-state index contributed by atoms with van der Waals surface area (Å²) in [7, 11) is 0. The molecular weight excluding hydrogens is 695 g/mol. The Hall–Kier alpha value is -6.91. The zero-order valence-corrected chi connectivity index (χ0v) is 31.6. The lowest BCUT2D eigenvalue weighted by Gasteiger charge is -2.17. The van der Waals surface area contributed by atoms with Gasteiger partial charge >= 0.3 is 0 Å². The van der Waals surface area contributed by atoms with Crippen LogP contribution in [0.3, 0.4) is 0 Å². The average molecular weight is 734 g/mol. The third-order valence-electron chi connectivity index (χ3n) is 12.4. The highest BCUT2D eigenvalue weighted by Crippen LogP contribution is 2.41. The van der Waals surface area contributed by atoms with E-state index in [2.05, 4.69) is 160 Å². The molecule has 0 bridgehead atoms. The fraction of sp³-hybridized carbons (Fsp3) is 0.113. The van der Waals surface area contributed by atoms with E-state index in [0.29, 0.717) is 0 Å². The van der Waals surface area contributed by atoms with E-state index in [1.807, 2.05) is 18.5 Å². The van der Waals surface area contributed by atoms with Gasteiger partial charge in [0.05, 0.1) is 11.0 Å². The van der Waals surface area contributed by atoms with E-state index < -0.39 is 0 Å². The number of hydrogen-bond acceptors (Lipinski definition) is 2. The van der Waals surface area contributed by atoms with Crippen molar-refractivity contribution in [3.05, 3.63) is 180 Å². The number of aryl methyl sites for hydroxylation is 2. The highest BCUT2D eigenvalue weighted by atomic mass is 16.3. The molecular formula is C53H39N3O. The van der Waals surface area contributed by atoms with E-state index >= 15 is 0 Å². The van der Waals surface area contributed by atoms with Gasteiger partial charge in [0.25, 0.3) is 0 Å². The zero-order valence-electron chi connectivity index (χ0n) is 31.6. The smallest absolute Gasteiger partial charge is 0.135 e. The molecule has 4 aromatic heterocycles. The quantitative estimate of drug-likeness (QED) is 0.177. The largest absolute Gasteiger partial charge is 0.456 e. The molecule has 0 N–H and O–H groups in total. The summed E-state index contributed by atoms with van der Waals surface area (Å²) in [5.41, 5.74) is 19.5. The van der Waals surface area contributed by atoms with Gasteiger partial charge in [-0.2, -0.15) is 0 Å². The number of furan rings is 1. The van der Waals surface area contributed by atoms with Crippen LogP contribution in [0.2, 0.25) is 0 Å². The lowest BCUT2D eigenvalue weighted by Crippen LogP contribution is -2.02. The Morgan fingerprint density at radius 1 is 0.456 bits per heavy atom. The molecule has 0 spiro atoms. The summed E-state index contributed by atoms with van der Waals surface area (Å²) in [6.45, 7) is 0. The lowest BCUT2D eigenvalue weighted by molar-refractivity contribution is 0.669. The highest BCUT2D eigenvalue weighted by Gasteiger charge is 2.23. The molecule has 9 aromatic rings. The van der Waals surface area contributed by atoms with Gasteiger partial charge in [-0.25, -0.2) is 0 Å². The van der Waals surface area contributed by atoms with Crippen molar-refractivity contribution >= 4 is 61.5 Å². The van der Waals surface area contributed by atoms with Crippen LogP contribution in [0.5, 0.6) is 0 Å². The number of para-hydroxylation sites is 1. The molecule has 0 saturated heterocycles. The summed E-state index contributed by atoms with van der Waals surface area (Å²) < 4.78 is 11.1. The van der Waals surface area contributed by atoms with Crippen LogP contribution in [-0.2, 0) is 12.8 Å². The molecule has 0 unspecified atom stereocenters. The van der Waals surface area contributed by atoms with Crippen molar-refractivity contribution in [2.75, 3.05) is 0 Å². The number of rotatable bonds is 5. The molecule has 0 fully saturated rings. The maximum atomic E-state index is 6.20. The summed E-state index contributed by atoms with van der Waals surface area (Å²) in [4.78, 5) is 4.31. The van der Waals surface area contributed by atoms with Crippen molar-refractivity contribution in [1.82, 2.24) is 14.1 Å². The molecule has 0 atom stereocenters. The lowest BCUT2D eigenvalue weighted by atomic mass is 9.95. The Morgan fingerprint density at radius 3 is 1.84 bits per heavy atom. The fourth-order valence-corrected chi connectivity index (χ4v) is 9.69. The normalized spacial score (nSPS) is 14.8. The molecule has 0 aliphatic heterocycles. The molecule has 12 rings (SSSR count). The number of fused-ring (bicyclic) bond motifs is 9. The van der Waals surface area contributed by atoms with Crippen LogP contribution in [-0.4, -0.2) is 14.1 Å². The first kappa shape index (κ1) is 32.3. The van der Waals surface area contributed by atoms with E-state index in [4.69, 9.17) is 4.42 Å². The number of benzene rings is 5. The number of pyridine rings is 1. The zero-order chi connectivity index (χ0) is 37.5. The SMILES string of the molecule is C1=CC(c2cc(-c3ccncc3)cc(-n3c4c(c5cc(-c6ccc7c(c6)c6c(n7-c7ccc8oc9ccccc9c8c7)C=CCC6)ccc53)CCC=C4)c2)=CCC1. The average Bonchev–Trinajstić information content (AvgIpc) is 3.94. The molecule has 3 aliphatic rings. The van der Waals surface area contributed by atoms with Crippen LogP contribution in [0.4, 0.5) is 0 Å². The minimum atomic E-state index is 0.922. The van der Waals surface area contributed by atoms with Gasteiger partial charge in [0, 0.05) is 56.7 Å². The second-order valence-corrected chi connectivity index (χ2v) is 15.7. The van der Waals surface area contributed by atoms with E-state index in [1.165, 1.54) is 83.4 Å². The number of nitrogens with zero attached hydrogens (tertiary/aromatic N) is 3. The van der Waals surface area contributed by atoms with Crippen molar-refractivity contribution in [1.29, 1.82) is 0 Å². The van der Waals surface area contributed by atoms with Gasteiger partial charge in [-0.1, -0.05) is 60.7 Å². The number of hydrogen-bond donors (Lipinski definition) is 0. The predicted octanol–water partition coefficient (Wildman–Crippen LogP) is 13.9. The van der Waals surface area contributed by atoms with E-state index in [-0.39, 0.29) is 0 Å². The molecule has 0 saturated carbocycles. The van der Waals surface area contributed by atoms with Crippen LogP contribution >= 0.6 is 0 Å². The van der Waals surface area contributed by atoms with Crippen molar-refractivity contribution in [3.63, 3.8) is 0 Å². The standard InChI is InChI=1S/C53H39N3O/c1-2-10-34(11-3-1)38-28-39(35-24-26-54-27-25-35)30-41(29-38)56-49-16-8-5-13-43(49)46-32-37(19-22-51(46)56)36-18-21-50-45(31-36)42-12-4-7-15-48(42)55(50)40-20-23-53-47(33-40)44-14-6-9-17-52(44)57-53/h2,6-11,14-33H,1,3-5,12-13H2. The van der Waals surface area contributed by atoms with Crippen molar-refractivity contribution in [3.8, 4) is 33.6 Å². The van der Waals surface area contributed by atoms with E-state index in [9.17, 15) is 0 Å². The van der Waals surface area contributed by atoms with Crippen LogP contribution < -0.4 is 0 Å². The first-order chi connectivity index (χ1) is 28.2. The molecule has 4 heteroatoms. The number of allylic oxidation sites excluding steroid dienone is 6. The van der Waals surface area contributed by atoms with Gasteiger partial charge in [0.1, 0.15) is 11.2 Å².